The maximum atomic E-state index is 13.8. The van der Waals surface area contributed by atoms with Crippen molar-refractivity contribution in [2.75, 3.05) is 13.2 Å². The van der Waals surface area contributed by atoms with Crippen LogP contribution < -0.4 is 0 Å². The molecule has 0 aromatic carbocycles. The molecule has 4 rings (SSSR count). The van der Waals surface area contributed by atoms with Crippen LogP contribution in [0.1, 0.15) is 32.1 Å². The van der Waals surface area contributed by atoms with Crippen molar-refractivity contribution >= 4 is 22.1 Å². The third kappa shape index (κ3) is 2.27. The number of carbonyl (C=O) groups is 2. The molecule has 1 N–H and O–H groups in total. The molecular formula is C16H18F4O7S. The van der Waals surface area contributed by atoms with Gasteiger partial charge >= 0.3 is 33.2 Å². The molecule has 0 heterocycles. The molecule has 0 saturated heterocycles. The maximum absolute atomic E-state index is 13.8. The number of halogens is 4. The van der Waals surface area contributed by atoms with Gasteiger partial charge in [-0.25, -0.2) is 14.0 Å². The van der Waals surface area contributed by atoms with Crippen molar-refractivity contribution in [2.24, 2.45) is 28.6 Å². The van der Waals surface area contributed by atoms with Gasteiger partial charge in [0.15, 0.2) is 6.61 Å². The van der Waals surface area contributed by atoms with E-state index in [-0.39, 0.29) is 17.4 Å². The Hall–Kier alpha value is -1.43. The van der Waals surface area contributed by atoms with Gasteiger partial charge in [0.1, 0.15) is 0 Å². The lowest BCUT2D eigenvalue weighted by atomic mass is 9.32. The zero-order chi connectivity index (χ0) is 20.8. The Morgan fingerprint density at radius 1 is 1.04 bits per heavy atom. The molecule has 0 radical (unpaired) electrons. The number of alkyl halides is 4. The average Bonchev–Trinajstić information content (AvgIpc) is 3.03. The fourth-order valence-corrected chi connectivity index (χ4v) is 7.06. The van der Waals surface area contributed by atoms with E-state index in [0.29, 0.717) is 17.8 Å². The quantitative estimate of drug-likeness (QED) is 0.390. The Morgan fingerprint density at radius 2 is 1.71 bits per heavy atom. The highest BCUT2D eigenvalue weighted by atomic mass is 32.2. The lowest BCUT2D eigenvalue weighted by Gasteiger charge is -2.72. The van der Waals surface area contributed by atoms with Crippen LogP contribution in [0, 0.1) is 28.6 Å². The number of fused-ring (bicyclic) bond motifs is 1. The van der Waals surface area contributed by atoms with Gasteiger partial charge in [0.25, 0.3) is 0 Å². The third-order valence-corrected chi connectivity index (χ3v) is 8.50. The molecule has 6 atom stereocenters. The number of hydrogen-bond acceptors (Lipinski definition) is 6. The first-order valence-corrected chi connectivity index (χ1v) is 10.3. The number of ether oxygens (including phenoxy) is 2. The van der Waals surface area contributed by atoms with Crippen LogP contribution in [0.25, 0.3) is 0 Å². The first-order chi connectivity index (χ1) is 12.8. The van der Waals surface area contributed by atoms with Crippen LogP contribution in [-0.4, -0.2) is 49.3 Å². The fraction of sp³-hybridized carbons (Fsp3) is 0.875. The zero-order valence-corrected chi connectivity index (χ0v) is 15.3. The molecule has 0 aliphatic heterocycles. The molecule has 0 aromatic heterocycles. The molecule has 4 fully saturated rings. The van der Waals surface area contributed by atoms with Gasteiger partial charge in [0, 0.05) is 5.41 Å². The third-order valence-electron chi connectivity index (χ3n) is 7.39. The molecule has 4 aliphatic carbocycles. The van der Waals surface area contributed by atoms with Crippen LogP contribution >= 0.6 is 0 Å². The highest BCUT2D eigenvalue weighted by Crippen LogP contribution is 2.86. The molecule has 7 nitrogen and oxygen atoms in total. The Balaban J connectivity index is 1.34. The van der Waals surface area contributed by atoms with Crippen molar-refractivity contribution in [3.05, 3.63) is 0 Å². The summed E-state index contributed by atoms with van der Waals surface area (Å²) in [6.45, 7) is -1.35. The topological polar surface area (TPSA) is 107 Å². The normalized spacial score (nSPS) is 40.0. The predicted octanol–water partition coefficient (Wildman–Crippen LogP) is 2.02. The summed E-state index contributed by atoms with van der Waals surface area (Å²) >= 11 is 0. The Labute approximate surface area is 157 Å². The molecule has 6 unspecified atom stereocenters. The highest BCUT2D eigenvalue weighted by Gasteiger charge is 2.80. The highest BCUT2D eigenvalue weighted by molar-refractivity contribution is 7.88. The second-order valence-corrected chi connectivity index (χ2v) is 9.98. The summed E-state index contributed by atoms with van der Waals surface area (Å²) in [7, 11) is -6.53. The van der Waals surface area contributed by atoms with Gasteiger partial charge in [-0.15, -0.1) is 0 Å². The SMILES string of the molecule is O=C(COC(=O)C(F)(C(F)(F)F)S(=O)(=O)O)OCC12CC3CC4CC(C1)C42C3. The Kier molecular flexibility index (Phi) is 3.96. The summed E-state index contributed by atoms with van der Waals surface area (Å²) in [5.74, 6) is -2.33. The molecule has 2 bridgehead atoms. The van der Waals surface area contributed by atoms with Gasteiger partial charge in [-0.1, -0.05) is 0 Å². The van der Waals surface area contributed by atoms with Crippen molar-refractivity contribution in [1.29, 1.82) is 0 Å². The summed E-state index contributed by atoms with van der Waals surface area (Å²) in [6, 6.07) is 0. The van der Waals surface area contributed by atoms with Crippen LogP contribution in [0.3, 0.4) is 0 Å². The van der Waals surface area contributed by atoms with Gasteiger partial charge in [-0.2, -0.15) is 21.6 Å². The van der Waals surface area contributed by atoms with E-state index in [1.54, 1.807) is 0 Å². The minimum Gasteiger partial charge on any atom is -0.463 e. The van der Waals surface area contributed by atoms with E-state index in [1.807, 2.05) is 0 Å². The van der Waals surface area contributed by atoms with E-state index in [1.165, 1.54) is 12.8 Å². The lowest BCUT2D eigenvalue weighted by molar-refractivity contribution is -0.261. The molecule has 0 aromatic rings. The van der Waals surface area contributed by atoms with Crippen molar-refractivity contribution in [2.45, 2.75) is 43.3 Å². The van der Waals surface area contributed by atoms with Crippen molar-refractivity contribution in [3.8, 4) is 0 Å². The van der Waals surface area contributed by atoms with E-state index in [0.717, 1.165) is 19.3 Å². The lowest BCUT2D eigenvalue weighted by Crippen LogP contribution is -2.68. The van der Waals surface area contributed by atoms with E-state index < -0.39 is 39.8 Å². The van der Waals surface area contributed by atoms with Crippen LogP contribution in [0.5, 0.6) is 0 Å². The first-order valence-electron chi connectivity index (χ1n) is 8.82. The maximum Gasteiger partial charge on any atom is 0.451 e. The number of carbonyl (C=O) groups excluding carboxylic acids is 2. The molecule has 1 spiro atoms. The van der Waals surface area contributed by atoms with E-state index >= 15 is 0 Å². The largest absolute Gasteiger partial charge is 0.463 e. The summed E-state index contributed by atoms with van der Waals surface area (Å²) in [5.41, 5.74) is 0.0391. The summed E-state index contributed by atoms with van der Waals surface area (Å²) < 4.78 is 90.5. The second-order valence-electron chi connectivity index (χ2n) is 8.47. The molecule has 4 aliphatic rings. The van der Waals surface area contributed by atoms with E-state index in [9.17, 15) is 35.6 Å². The monoisotopic (exact) mass is 430 g/mol. The molecule has 12 heteroatoms. The Bertz CT molecular complexity index is 842. The standard InChI is InChI=1S/C16H18F4O7S/c17-15(16(18,19)20,28(23,24)25)12(22)26-6-11(21)27-7-13-3-8-1-9-2-10(5-13)14(9,13)4-8/h8-10H,1-7H2,(H,23,24,25). The smallest absolute Gasteiger partial charge is 0.451 e. The van der Waals surface area contributed by atoms with E-state index in [2.05, 4.69) is 4.74 Å². The number of hydrogen-bond donors (Lipinski definition) is 1. The van der Waals surface area contributed by atoms with Crippen molar-refractivity contribution in [3.63, 3.8) is 0 Å². The summed E-state index contributed by atoms with van der Waals surface area (Å²) in [6.07, 6.45) is -1.01. The van der Waals surface area contributed by atoms with Crippen molar-refractivity contribution < 1.29 is 49.6 Å². The predicted molar refractivity (Wildman–Crippen MR) is 81.8 cm³/mol. The van der Waals surface area contributed by atoms with Gasteiger partial charge < -0.3 is 9.47 Å². The minimum absolute atomic E-state index is 0.0468. The zero-order valence-electron chi connectivity index (χ0n) is 14.5. The summed E-state index contributed by atoms with van der Waals surface area (Å²) in [4.78, 5) is 23.1. The van der Waals surface area contributed by atoms with Gasteiger partial charge in [0.05, 0.1) is 6.61 Å². The first kappa shape index (κ1) is 19.9. The molecule has 28 heavy (non-hydrogen) atoms. The Morgan fingerprint density at radius 3 is 2.25 bits per heavy atom. The van der Waals surface area contributed by atoms with Crippen LogP contribution in [0.4, 0.5) is 17.6 Å². The van der Waals surface area contributed by atoms with Crippen LogP contribution in [0.15, 0.2) is 0 Å². The minimum atomic E-state index is -6.53. The van der Waals surface area contributed by atoms with E-state index in [4.69, 9.17) is 9.29 Å². The van der Waals surface area contributed by atoms with Crippen LogP contribution in [-0.2, 0) is 29.2 Å². The van der Waals surface area contributed by atoms with Gasteiger partial charge in [0.2, 0.25) is 0 Å². The van der Waals surface area contributed by atoms with Gasteiger partial charge in [-0.05, 0) is 55.3 Å². The number of rotatable bonds is 6. The molecule has 4 saturated carbocycles. The number of esters is 2. The molecule has 0 amide bonds. The average molecular weight is 430 g/mol. The van der Waals surface area contributed by atoms with Crippen LogP contribution in [0.2, 0.25) is 0 Å². The second kappa shape index (κ2) is 5.59. The fourth-order valence-electron chi connectivity index (χ4n) is 6.50. The van der Waals surface area contributed by atoms with Crippen molar-refractivity contribution in [1.82, 2.24) is 0 Å². The summed E-state index contributed by atoms with van der Waals surface area (Å²) in [5, 5.41) is -5.68. The molecule has 158 valence electrons. The molecular weight excluding hydrogens is 412 g/mol. The van der Waals surface area contributed by atoms with Gasteiger partial charge in [-0.3, -0.25) is 4.55 Å².